The first kappa shape index (κ1) is 17.4. The van der Waals surface area contributed by atoms with Crippen LogP contribution >= 0.6 is 22.9 Å². The minimum Gasteiger partial charge on any atom is -0.495 e. The van der Waals surface area contributed by atoms with Crippen LogP contribution in [0.3, 0.4) is 0 Å². The molecule has 1 N–H and O–H groups in total. The number of thiazole rings is 1. The molecule has 3 rings (SSSR count). The van der Waals surface area contributed by atoms with Crippen molar-refractivity contribution in [2.24, 2.45) is 0 Å². The Morgan fingerprint density at radius 1 is 1.28 bits per heavy atom. The van der Waals surface area contributed by atoms with Crippen LogP contribution in [-0.4, -0.2) is 23.0 Å². The molecule has 0 aliphatic carbocycles. The monoisotopic (exact) mass is 373 g/mol. The maximum Gasteiger partial charge on any atom is 0.224 e. The van der Waals surface area contributed by atoms with Gasteiger partial charge >= 0.3 is 0 Å². The Kier molecular flexibility index (Phi) is 5.63. The van der Waals surface area contributed by atoms with Crippen LogP contribution in [0.2, 0.25) is 5.02 Å². The minimum absolute atomic E-state index is 0.116. The van der Waals surface area contributed by atoms with Crippen molar-refractivity contribution in [2.45, 2.75) is 12.8 Å². The Balaban J connectivity index is 1.60. The first-order valence-electron chi connectivity index (χ1n) is 7.65. The zero-order chi connectivity index (χ0) is 17.6. The summed E-state index contributed by atoms with van der Waals surface area (Å²) < 4.78 is 5.23. The molecule has 128 valence electrons. The number of nitrogens with one attached hydrogen (secondary N) is 1. The highest BCUT2D eigenvalue weighted by molar-refractivity contribution is 7.09. The van der Waals surface area contributed by atoms with E-state index in [0.717, 1.165) is 16.4 Å². The maximum absolute atomic E-state index is 12.2. The Hall–Kier alpha value is -2.44. The number of carbonyl (C=O) groups excluding carboxylic acids is 1. The zero-order valence-electron chi connectivity index (χ0n) is 13.5. The van der Waals surface area contributed by atoms with E-state index in [1.165, 1.54) is 11.3 Å². The molecule has 0 bridgehead atoms. The summed E-state index contributed by atoms with van der Waals surface area (Å²) >= 11 is 7.50. The molecule has 5 nitrogen and oxygen atoms in total. The molecule has 0 atom stereocenters. The number of halogens is 1. The fraction of sp³-hybridized carbons (Fsp3) is 0.167. The highest BCUT2D eigenvalue weighted by Crippen LogP contribution is 2.28. The van der Waals surface area contributed by atoms with Gasteiger partial charge in [-0.25, -0.2) is 4.98 Å². The quantitative estimate of drug-likeness (QED) is 0.693. The van der Waals surface area contributed by atoms with Crippen molar-refractivity contribution in [2.75, 3.05) is 12.4 Å². The zero-order valence-corrected chi connectivity index (χ0v) is 15.1. The standard InChI is InChI=1S/C18H16ClN3O2S/c1-24-16-6-5-12(19)10-14(16)21-17(23)7-8-18-22-15(11-25-18)13-4-2-3-9-20-13/h2-6,9-11H,7-8H2,1H3,(H,21,23). The summed E-state index contributed by atoms with van der Waals surface area (Å²) in [6.07, 6.45) is 2.62. The molecule has 3 aromatic rings. The Morgan fingerprint density at radius 2 is 2.16 bits per heavy atom. The first-order chi connectivity index (χ1) is 12.2. The molecule has 2 heterocycles. The van der Waals surface area contributed by atoms with E-state index in [-0.39, 0.29) is 5.91 Å². The van der Waals surface area contributed by atoms with Gasteiger partial charge in [-0.05, 0) is 30.3 Å². The van der Waals surface area contributed by atoms with Gasteiger partial charge in [0.05, 0.1) is 29.2 Å². The summed E-state index contributed by atoms with van der Waals surface area (Å²) in [5, 5.41) is 6.22. The van der Waals surface area contributed by atoms with Crippen LogP contribution in [0, 0.1) is 0 Å². The van der Waals surface area contributed by atoms with E-state index in [1.807, 2.05) is 23.6 Å². The molecular formula is C18H16ClN3O2S. The van der Waals surface area contributed by atoms with Gasteiger partial charge in [0, 0.05) is 29.4 Å². The van der Waals surface area contributed by atoms with Crippen LogP contribution in [0.15, 0.2) is 48.0 Å². The van der Waals surface area contributed by atoms with E-state index < -0.39 is 0 Å². The van der Waals surface area contributed by atoms with Gasteiger partial charge in [0.2, 0.25) is 5.91 Å². The lowest BCUT2D eigenvalue weighted by Gasteiger charge is -2.10. The van der Waals surface area contributed by atoms with Crippen molar-refractivity contribution >= 4 is 34.5 Å². The van der Waals surface area contributed by atoms with Crippen LogP contribution < -0.4 is 10.1 Å². The predicted octanol–water partition coefficient (Wildman–Crippen LogP) is 4.44. The van der Waals surface area contributed by atoms with Gasteiger partial charge in [0.15, 0.2) is 0 Å². The molecule has 2 aromatic heterocycles. The topological polar surface area (TPSA) is 64.1 Å². The number of amides is 1. The minimum atomic E-state index is -0.116. The van der Waals surface area contributed by atoms with Gasteiger partial charge in [0.1, 0.15) is 5.75 Å². The number of methoxy groups -OCH3 is 1. The molecule has 0 unspecified atom stereocenters. The van der Waals surface area contributed by atoms with Crippen molar-refractivity contribution in [3.8, 4) is 17.1 Å². The summed E-state index contributed by atoms with van der Waals surface area (Å²) in [6, 6.07) is 10.8. The van der Waals surface area contributed by atoms with Gasteiger partial charge in [-0.2, -0.15) is 0 Å². The summed E-state index contributed by atoms with van der Waals surface area (Å²) in [5.41, 5.74) is 2.23. The summed E-state index contributed by atoms with van der Waals surface area (Å²) in [4.78, 5) is 21.0. The van der Waals surface area contributed by atoms with E-state index in [1.54, 1.807) is 31.5 Å². The SMILES string of the molecule is COc1ccc(Cl)cc1NC(=O)CCc1nc(-c2ccccn2)cs1. The number of aromatic nitrogens is 2. The van der Waals surface area contributed by atoms with Crippen LogP contribution in [0.25, 0.3) is 11.4 Å². The van der Waals surface area contributed by atoms with Crippen LogP contribution in [0.1, 0.15) is 11.4 Å². The molecule has 1 aromatic carbocycles. The number of ether oxygens (including phenoxy) is 1. The fourth-order valence-corrected chi connectivity index (χ4v) is 3.23. The number of aryl methyl sites for hydroxylation is 1. The molecule has 0 saturated heterocycles. The number of nitrogens with zero attached hydrogens (tertiary/aromatic N) is 2. The molecule has 7 heteroatoms. The molecule has 0 saturated carbocycles. The highest BCUT2D eigenvalue weighted by atomic mass is 35.5. The Bertz CT molecular complexity index is 868. The molecule has 0 aliphatic heterocycles. The number of carbonyl (C=O) groups is 1. The maximum atomic E-state index is 12.2. The van der Waals surface area contributed by atoms with E-state index >= 15 is 0 Å². The molecule has 1 amide bonds. The van der Waals surface area contributed by atoms with Gasteiger partial charge in [-0.15, -0.1) is 11.3 Å². The van der Waals surface area contributed by atoms with Crippen LogP contribution in [0.5, 0.6) is 5.75 Å². The summed E-state index contributed by atoms with van der Waals surface area (Å²) in [7, 11) is 1.55. The van der Waals surface area contributed by atoms with E-state index in [0.29, 0.717) is 29.3 Å². The highest BCUT2D eigenvalue weighted by Gasteiger charge is 2.11. The van der Waals surface area contributed by atoms with Crippen LogP contribution in [0.4, 0.5) is 5.69 Å². The van der Waals surface area contributed by atoms with Gasteiger partial charge in [0.25, 0.3) is 0 Å². The normalized spacial score (nSPS) is 10.5. The average molecular weight is 374 g/mol. The third-order valence-electron chi connectivity index (χ3n) is 3.48. The number of hydrogen-bond acceptors (Lipinski definition) is 5. The number of anilines is 1. The van der Waals surface area contributed by atoms with Gasteiger partial charge in [-0.1, -0.05) is 17.7 Å². The van der Waals surface area contributed by atoms with E-state index in [2.05, 4.69) is 15.3 Å². The number of hydrogen-bond donors (Lipinski definition) is 1. The molecule has 0 fully saturated rings. The average Bonchev–Trinajstić information content (AvgIpc) is 3.10. The van der Waals surface area contributed by atoms with Crippen molar-refractivity contribution < 1.29 is 9.53 Å². The largest absolute Gasteiger partial charge is 0.495 e. The van der Waals surface area contributed by atoms with E-state index in [9.17, 15) is 4.79 Å². The third kappa shape index (κ3) is 4.55. The van der Waals surface area contributed by atoms with Crippen molar-refractivity contribution in [3.05, 3.63) is 58.0 Å². The van der Waals surface area contributed by atoms with Crippen molar-refractivity contribution in [3.63, 3.8) is 0 Å². The molecule has 25 heavy (non-hydrogen) atoms. The fourth-order valence-electron chi connectivity index (χ4n) is 2.27. The lowest BCUT2D eigenvalue weighted by molar-refractivity contribution is -0.116. The molecule has 0 radical (unpaired) electrons. The number of pyridine rings is 1. The molecule has 0 aliphatic rings. The summed E-state index contributed by atoms with van der Waals surface area (Å²) in [5.74, 6) is 0.458. The number of rotatable bonds is 6. The Morgan fingerprint density at radius 3 is 2.92 bits per heavy atom. The molecular weight excluding hydrogens is 358 g/mol. The van der Waals surface area contributed by atoms with Crippen molar-refractivity contribution in [1.82, 2.24) is 9.97 Å². The molecule has 0 spiro atoms. The van der Waals surface area contributed by atoms with Crippen molar-refractivity contribution in [1.29, 1.82) is 0 Å². The van der Waals surface area contributed by atoms with Gasteiger partial charge < -0.3 is 10.1 Å². The predicted molar refractivity (Wildman–Crippen MR) is 100 cm³/mol. The second-order valence-electron chi connectivity index (χ2n) is 5.23. The second-order valence-corrected chi connectivity index (χ2v) is 6.61. The van der Waals surface area contributed by atoms with Gasteiger partial charge in [-0.3, -0.25) is 9.78 Å². The smallest absolute Gasteiger partial charge is 0.224 e. The summed E-state index contributed by atoms with van der Waals surface area (Å²) in [6.45, 7) is 0. The lowest BCUT2D eigenvalue weighted by atomic mass is 10.2. The van der Waals surface area contributed by atoms with Crippen LogP contribution in [-0.2, 0) is 11.2 Å². The van der Waals surface area contributed by atoms with E-state index in [4.69, 9.17) is 16.3 Å². The second kappa shape index (κ2) is 8.09. The Labute approximate surface area is 154 Å². The lowest BCUT2D eigenvalue weighted by Crippen LogP contribution is -2.13. The first-order valence-corrected chi connectivity index (χ1v) is 8.90. The number of benzene rings is 1. The third-order valence-corrected chi connectivity index (χ3v) is 4.62.